The van der Waals surface area contributed by atoms with Gasteiger partial charge in [-0.3, -0.25) is 4.79 Å². The van der Waals surface area contributed by atoms with E-state index < -0.39 is 5.97 Å². The van der Waals surface area contributed by atoms with E-state index in [1.54, 1.807) is 19.2 Å². The van der Waals surface area contributed by atoms with Crippen molar-refractivity contribution in [3.8, 4) is 0 Å². The first-order valence-electron chi connectivity index (χ1n) is 7.34. The summed E-state index contributed by atoms with van der Waals surface area (Å²) in [4.78, 5) is 25.1. The Labute approximate surface area is 149 Å². The van der Waals surface area contributed by atoms with E-state index in [0.717, 1.165) is 11.1 Å². The smallest absolute Gasteiger partial charge is 0.331 e. The van der Waals surface area contributed by atoms with E-state index in [9.17, 15) is 9.59 Å². The number of carbonyl (C=O) groups is 2. The molecule has 0 unspecified atom stereocenters. The number of esters is 1. The highest BCUT2D eigenvalue weighted by Gasteiger charge is 2.11. The molecule has 2 rings (SSSR count). The van der Waals surface area contributed by atoms with E-state index in [2.05, 4.69) is 15.9 Å². The lowest BCUT2D eigenvalue weighted by atomic mass is 10.1. The molecular formula is C18H18BrNO4. The highest BCUT2D eigenvalue weighted by molar-refractivity contribution is 9.10. The molecule has 5 nitrogen and oxygen atoms in total. The number of amides is 1. The monoisotopic (exact) mass is 391 g/mol. The van der Waals surface area contributed by atoms with E-state index in [4.69, 9.17) is 9.15 Å². The summed E-state index contributed by atoms with van der Waals surface area (Å²) in [6, 6.07) is 11.3. The molecule has 6 heteroatoms. The highest BCUT2D eigenvalue weighted by Crippen LogP contribution is 2.15. The molecule has 0 aliphatic rings. The zero-order valence-corrected chi connectivity index (χ0v) is 15.1. The molecular weight excluding hydrogens is 374 g/mol. The molecule has 0 radical (unpaired) electrons. The Balaban J connectivity index is 1.78. The van der Waals surface area contributed by atoms with E-state index in [1.165, 1.54) is 17.1 Å². The van der Waals surface area contributed by atoms with Gasteiger partial charge < -0.3 is 14.1 Å². The number of halogens is 1. The molecule has 2 aromatic rings. The molecule has 0 bridgehead atoms. The Morgan fingerprint density at radius 1 is 1.21 bits per heavy atom. The molecule has 0 saturated carbocycles. The Hall–Kier alpha value is -2.34. The van der Waals surface area contributed by atoms with Gasteiger partial charge in [0.15, 0.2) is 11.3 Å². The van der Waals surface area contributed by atoms with Gasteiger partial charge in [-0.15, -0.1) is 0 Å². The zero-order chi connectivity index (χ0) is 17.5. The molecule has 126 valence electrons. The molecule has 1 heterocycles. The second-order valence-corrected chi connectivity index (χ2v) is 6.10. The standard InChI is InChI=1S/C18H18BrNO4/c1-13-3-5-14(6-4-13)11-20(2)17(21)12-23-18(22)10-8-15-7-9-16(19)24-15/h3-10H,11-12H2,1-2H3/b10-8+. The van der Waals surface area contributed by atoms with Crippen LogP contribution in [0.4, 0.5) is 0 Å². The first-order valence-corrected chi connectivity index (χ1v) is 8.13. The van der Waals surface area contributed by atoms with Crippen LogP contribution in [0.3, 0.4) is 0 Å². The molecule has 0 aliphatic heterocycles. The lowest BCUT2D eigenvalue weighted by Gasteiger charge is -2.17. The lowest BCUT2D eigenvalue weighted by Crippen LogP contribution is -2.30. The summed E-state index contributed by atoms with van der Waals surface area (Å²) >= 11 is 3.17. The van der Waals surface area contributed by atoms with Gasteiger partial charge in [0.25, 0.3) is 5.91 Å². The fourth-order valence-electron chi connectivity index (χ4n) is 1.91. The summed E-state index contributed by atoms with van der Waals surface area (Å²) in [5.74, 6) is -0.348. The maximum atomic E-state index is 12.0. The fourth-order valence-corrected chi connectivity index (χ4v) is 2.23. The van der Waals surface area contributed by atoms with Gasteiger partial charge >= 0.3 is 5.97 Å². The van der Waals surface area contributed by atoms with Gasteiger partial charge in [-0.1, -0.05) is 29.8 Å². The molecule has 1 aromatic heterocycles. The minimum absolute atomic E-state index is 0.266. The number of hydrogen-bond donors (Lipinski definition) is 0. The van der Waals surface area contributed by atoms with E-state index in [1.807, 2.05) is 31.2 Å². The van der Waals surface area contributed by atoms with Crippen molar-refractivity contribution in [1.29, 1.82) is 0 Å². The number of benzene rings is 1. The summed E-state index contributed by atoms with van der Waals surface area (Å²) in [6.07, 6.45) is 2.70. The number of hydrogen-bond acceptors (Lipinski definition) is 4. The number of carbonyl (C=O) groups excluding carboxylic acids is 2. The fraction of sp³-hybridized carbons (Fsp3) is 0.222. The van der Waals surface area contributed by atoms with Crippen molar-refractivity contribution in [1.82, 2.24) is 4.90 Å². The van der Waals surface area contributed by atoms with Crippen LogP contribution in [0.1, 0.15) is 16.9 Å². The van der Waals surface area contributed by atoms with Crippen molar-refractivity contribution in [2.45, 2.75) is 13.5 Å². The van der Waals surface area contributed by atoms with Gasteiger partial charge in [0.1, 0.15) is 5.76 Å². The molecule has 24 heavy (non-hydrogen) atoms. The Morgan fingerprint density at radius 3 is 2.54 bits per heavy atom. The Morgan fingerprint density at radius 2 is 1.92 bits per heavy atom. The van der Waals surface area contributed by atoms with Crippen molar-refractivity contribution in [2.75, 3.05) is 13.7 Å². The van der Waals surface area contributed by atoms with Crippen LogP contribution in [-0.4, -0.2) is 30.4 Å². The minimum atomic E-state index is -0.598. The van der Waals surface area contributed by atoms with Crippen LogP contribution < -0.4 is 0 Å². The summed E-state index contributed by atoms with van der Waals surface area (Å²) in [5.41, 5.74) is 2.18. The first kappa shape index (κ1) is 18.0. The van der Waals surface area contributed by atoms with Crippen molar-refractivity contribution in [3.63, 3.8) is 0 Å². The SMILES string of the molecule is Cc1ccc(CN(C)C(=O)COC(=O)/C=C/c2ccc(Br)o2)cc1. The largest absolute Gasteiger partial charge is 0.452 e. The average molecular weight is 392 g/mol. The predicted molar refractivity (Wildman–Crippen MR) is 94.1 cm³/mol. The van der Waals surface area contributed by atoms with Crippen LogP contribution in [0.25, 0.3) is 6.08 Å². The van der Waals surface area contributed by atoms with Crippen molar-refractivity contribution >= 4 is 33.9 Å². The lowest BCUT2D eigenvalue weighted by molar-refractivity contribution is -0.147. The minimum Gasteiger partial charge on any atom is -0.452 e. The summed E-state index contributed by atoms with van der Waals surface area (Å²) in [7, 11) is 1.67. The maximum absolute atomic E-state index is 12.0. The molecule has 1 aromatic carbocycles. The topological polar surface area (TPSA) is 59.8 Å². The number of ether oxygens (including phenoxy) is 1. The molecule has 1 amide bonds. The van der Waals surface area contributed by atoms with Crippen LogP contribution in [-0.2, 0) is 20.9 Å². The van der Waals surface area contributed by atoms with Crippen molar-refractivity contribution in [3.05, 3.63) is 64.0 Å². The number of aryl methyl sites for hydroxylation is 1. The average Bonchev–Trinajstić information content (AvgIpc) is 2.98. The van der Waals surface area contributed by atoms with Crippen LogP contribution >= 0.6 is 15.9 Å². The van der Waals surface area contributed by atoms with Gasteiger partial charge in [0.05, 0.1) is 0 Å². The molecule has 0 spiro atoms. The summed E-state index contributed by atoms with van der Waals surface area (Å²) in [6.45, 7) is 2.17. The van der Waals surface area contributed by atoms with E-state index in [-0.39, 0.29) is 12.5 Å². The Kier molecular flexibility index (Phi) is 6.37. The molecule has 0 aliphatic carbocycles. The number of furan rings is 1. The molecule has 0 N–H and O–H groups in total. The van der Waals surface area contributed by atoms with Crippen molar-refractivity contribution in [2.24, 2.45) is 0 Å². The van der Waals surface area contributed by atoms with Crippen molar-refractivity contribution < 1.29 is 18.7 Å². The third-order valence-electron chi connectivity index (χ3n) is 3.28. The third-order valence-corrected chi connectivity index (χ3v) is 3.71. The zero-order valence-electron chi connectivity index (χ0n) is 13.5. The normalized spacial score (nSPS) is 10.8. The van der Waals surface area contributed by atoms with Crippen LogP contribution in [0.15, 0.2) is 51.6 Å². The van der Waals surface area contributed by atoms with E-state index in [0.29, 0.717) is 17.0 Å². The summed E-state index contributed by atoms with van der Waals surface area (Å²) < 4.78 is 10.7. The van der Waals surface area contributed by atoms with Gasteiger partial charge in [0, 0.05) is 19.7 Å². The summed E-state index contributed by atoms with van der Waals surface area (Å²) in [5, 5.41) is 0. The van der Waals surface area contributed by atoms with Gasteiger partial charge in [-0.2, -0.15) is 0 Å². The van der Waals surface area contributed by atoms with Crippen LogP contribution in [0.2, 0.25) is 0 Å². The number of rotatable bonds is 6. The third kappa shape index (κ3) is 5.70. The maximum Gasteiger partial charge on any atom is 0.331 e. The van der Waals surface area contributed by atoms with E-state index >= 15 is 0 Å². The second-order valence-electron chi connectivity index (χ2n) is 5.32. The second kappa shape index (κ2) is 8.49. The molecule has 0 saturated heterocycles. The van der Waals surface area contributed by atoms with Gasteiger partial charge in [0.2, 0.25) is 0 Å². The number of nitrogens with zero attached hydrogens (tertiary/aromatic N) is 1. The number of likely N-dealkylation sites (N-methyl/N-ethyl adjacent to an activating group) is 1. The highest BCUT2D eigenvalue weighted by atomic mass is 79.9. The Bertz CT molecular complexity index is 734. The van der Waals surface area contributed by atoms with Gasteiger partial charge in [-0.05, 0) is 46.6 Å². The predicted octanol–water partition coefficient (Wildman–Crippen LogP) is 3.57. The molecule has 0 atom stereocenters. The van der Waals surface area contributed by atoms with Crippen LogP contribution in [0, 0.1) is 6.92 Å². The van der Waals surface area contributed by atoms with Crippen LogP contribution in [0.5, 0.6) is 0 Å². The van der Waals surface area contributed by atoms with Gasteiger partial charge in [-0.25, -0.2) is 4.79 Å². The first-order chi connectivity index (χ1) is 11.4. The molecule has 0 fully saturated rings. The quantitative estimate of drug-likeness (QED) is 0.557.